The molecule has 0 heterocycles. The van der Waals surface area contributed by atoms with Gasteiger partial charge in [0, 0.05) is 0 Å². The van der Waals surface area contributed by atoms with Crippen molar-refractivity contribution >= 4 is 12.1 Å². The molecule has 1 aromatic carbocycles. The van der Waals surface area contributed by atoms with Crippen LogP contribution < -0.4 is 5.32 Å². The van der Waals surface area contributed by atoms with Gasteiger partial charge in [0.15, 0.2) is 0 Å². The summed E-state index contributed by atoms with van der Waals surface area (Å²) in [6, 6.07) is 8.39. The molecule has 0 aromatic heterocycles. The number of rotatable bonds is 7. The van der Waals surface area contributed by atoms with Gasteiger partial charge in [-0.3, -0.25) is 0 Å². The van der Waals surface area contributed by atoms with Crippen LogP contribution in [-0.4, -0.2) is 23.2 Å². The van der Waals surface area contributed by atoms with E-state index >= 15 is 0 Å². The average Bonchev–Trinajstić information content (AvgIpc) is 3.20. The lowest BCUT2D eigenvalue weighted by Gasteiger charge is -2.16. The molecule has 1 aromatic rings. The van der Waals surface area contributed by atoms with E-state index in [4.69, 9.17) is 9.84 Å². The van der Waals surface area contributed by atoms with Crippen molar-refractivity contribution < 1.29 is 19.4 Å². The number of hydrogen-bond donors (Lipinski definition) is 2. The van der Waals surface area contributed by atoms with Crippen LogP contribution in [0.3, 0.4) is 0 Å². The van der Waals surface area contributed by atoms with E-state index < -0.39 is 18.1 Å². The Morgan fingerprint density at radius 1 is 1.33 bits per heavy atom. The van der Waals surface area contributed by atoms with Gasteiger partial charge in [-0.25, -0.2) is 9.59 Å². The second kappa shape index (κ2) is 6.61. The summed E-state index contributed by atoms with van der Waals surface area (Å²) in [6.07, 6.45) is 2.83. The van der Waals surface area contributed by atoms with E-state index in [1.807, 2.05) is 30.3 Å². The van der Waals surface area contributed by atoms with Crippen molar-refractivity contribution in [1.82, 2.24) is 5.32 Å². The second-order valence-electron chi connectivity index (χ2n) is 5.95. The van der Waals surface area contributed by atoms with Crippen molar-refractivity contribution in [3.05, 3.63) is 35.9 Å². The molecule has 1 aliphatic carbocycles. The van der Waals surface area contributed by atoms with Gasteiger partial charge in [0.05, 0.1) is 0 Å². The maximum atomic E-state index is 11.7. The molecule has 2 N–H and O–H groups in total. The fourth-order valence-electron chi connectivity index (χ4n) is 2.12. The summed E-state index contributed by atoms with van der Waals surface area (Å²) < 4.78 is 5.04. The van der Waals surface area contributed by atoms with Gasteiger partial charge in [-0.15, -0.1) is 0 Å². The summed E-state index contributed by atoms with van der Waals surface area (Å²) in [5.74, 6) is -1.02. The summed E-state index contributed by atoms with van der Waals surface area (Å²) in [4.78, 5) is 22.9. The zero-order valence-corrected chi connectivity index (χ0v) is 12.2. The number of carbonyl (C=O) groups is 2. The predicted molar refractivity (Wildman–Crippen MR) is 77.8 cm³/mol. The lowest BCUT2D eigenvalue weighted by molar-refractivity contribution is -0.139. The highest BCUT2D eigenvalue weighted by molar-refractivity contribution is 5.79. The van der Waals surface area contributed by atoms with Crippen molar-refractivity contribution in [1.29, 1.82) is 0 Å². The summed E-state index contributed by atoms with van der Waals surface area (Å²) in [5.41, 5.74) is 1.13. The average molecular weight is 291 g/mol. The summed E-state index contributed by atoms with van der Waals surface area (Å²) >= 11 is 0. The number of carboxylic acids is 1. The van der Waals surface area contributed by atoms with E-state index in [9.17, 15) is 9.59 Å². The maximum absolute atomic E-state index is 11.7. The molecule has 0 bridgehead atoms. The zero-order valence-electron chi connectivity index (χ0n) is 12.2. The predicted octanol–water partition coefficient (Wildman–Crippen LogP) is 2.95. The molecular weight excluding hydrogens is 270 g/mol. The third-order valence-electron chi connectivity index (χ3n) is 3.94. The quantitative estimate of drug-likeness (QED) is 0.810. The number of benzene rings is 1. The fourth-order valence-corrected chi connectivity index (χ4v) is 2.12. The molecule has 0 saturated heterocycles. The van der Waals surface area contributed by atoms with Crippen molar-refractivity contribution in [2.75, 3.05) is 0 Å². The number of aliphatic carboxylic acids is 1. The molecule has 1 saturated carbocycles. The number of carboxylic acid groups (broad SMARTS) is 1. The van der Waals surface area contributed by atoms with Crippen LogP contribution in [0.2, 0.25) is 0 Å². The van der Waals surface area contributed by atoms with Gasteiger partial charge in [0.1, 0.15) is 12.6 Å². The van der Waals surface area contributed by atoms with Crippen LogP contribution in [0.4, 0.5) is 4.79 Å². The lowest BCUT2D eigenvalue weighted by Crippen LogP contribution is -2.41. The minimum Gasteiger partial charge on any atom is -0.480 e. The lowest BCUT2D eigenvalue weighted by atomic mass is 9.99. The third-order valence-corrected chi connectivity index (χ3v) is 3.94. The van der Waals surface area contributed by atoms with Crippen LogP contribution in [0, 0.1) is 5.41 Å². The van der Waals surface area contributed by atoms with Crippen LogP contribution in [0.15, 0.2) is 30.3 Å². The molecule has 5 heteroatoms. The van der Waals surface area contributed by atoms with E-state index in [0.717, 1.165) is 24.8 Å². The Hall–Kier alpha value is -2.04. The SMILES string of the molecule is CC1(CCC(NC(=O)OCc2ccccc2)C(=O)O)CC1. The second-order valence-corrected chi connectivity index (χ2v) is 5.95. The van der Waals surface area contributed by atoms with E-state index in [1.165, 1.54) is 0 Å². The standard InChI is InChI=1S/C16H21NO4/c1-16(9-10-16)8-7-13(14(18)19)17-15(20)21-11-12-5-3-2-4-6-12/h2-6,13H,7-11H2,1H3,(H,17,20)(H,18,19). The first-order valence-corrected chi connectivity index (χ1v) is 7.19. The zero-order chi connectivity index (χ0) is 15.3. The van der Waals surface area contributed by atoms with Gasteiger partial charge in [-0.2, -0.15) is 0 Å². The van der Waals surface area contributed by atoms with Crippen LogP contribution in [0.1, 0.15) is 38.2 Å². The maximum Gasteiger partial charge on any atom is 0.408 e. The molecule has 1 amide bonds. The minimum absolute atomic E-state index is 0.136. The Morgan fingerprint density at radius 2 is 2.00 bits per heavy atom. The van der Waals surface area contributed by atoms with Gasteiger partial charge < -0.3 is 15.2 Å². The normalized spacial score (nSPS) is 16.8. The Balaban J connectivity index is 1.76. The van der Waals surface area contributed by atoms with Crippen LogP contribution in [0.25, 0.3) is 0 Å². The molecule has 1 atom stereocenters. The number of amides is 1. The van der Waals surface area contributed by atoms with Crippen molar-refractivity contribution in [2.24, 2.45) is 5.41 Å². The fraction of sp³-hybridized carbons (Fsp3) is 0.500. The van der Waals surface area contributed by atoms with Gasteiger partial charge in [0.2, 0.25) is 0 Å². The molecule has 1 unspecified atom stereocenters. The highest BCUT2D eigenvalue weighted by Crippen LogP contribution is 2.49. The number of alkyl carbamates (subject to hydrolysis) is 1. The number of carbonyl (C=O) groups excluding carboxylic acids is 1. The monoisotopic (exact) mass is 291 g/mol. The summed E-state index contributed by atoms with van der Waals surface area (Å²) in [7, 11) is 0. The van der Waals surface area contributed by atoms with Crippen molar-refractivity contribution in [3.8, 4) is 0 Å². The molecule has 5 nitrogen and oxygen atoms in total. The van der Waals surface area contributed by atoms with Crippen LogP contribution in [0.5, 0.6) is 0 Å². The number of hydrogen-bond acceptors (Lipinski definition) is 3. The van der Waals surface area contributed by atoms with Gasteiger partial charge in [0.25, 0.3) is 0 Å². The Morgan fingerprint density at radius 3 is 2.57 bits per heavy atom. The van der Waals surface area contributed by atoms with Crippen molar-refractivity contribution in [2.45, 2.75) is 45.3 Å². The largest absolute Gasteiger partial charge is 0.480 e. The minimum atomic E-state index is -1.02. The van der Waals surface area contributed by atoms with E-state index in [-0.39, 0.29) is 12.0 Å². The molecular formula is C16H21NO4. The Labute approximate surface area is 124 Å². The van der Waals surface area contributed by atoms with Gasteiger partial charge in [-0.05, 0) is 36.7 Å². The molecule has 114 valence electrons. The molecule has 0 radical (unpaired) electrons. The molecule has 1 aliphatic rings. The summed E-state index contributed by atoms with van der Waals surface area (Å²) in [6.45, 7) is 2.27. The first kappa shape index (κ1) is 15.4. The first-order chi connectivity index (χ1) is 9.98. The molecule has 2 rings (SSSR count). The number of ether oxygens (including phenoxy) is 1. The molecule has 0 spiro atoms. The van der Waals surface area contributed by atoms with Gasteiger partial charge >= 0.3 is 12.1 Å². The first-order valence-electron chi connectivity index (χ1n) is 7.19. The third kappa shape index (κ3) is 5.10. The molecule has 1 fully saturated rings. The van der Waals surface area contributed by atoms with Crippen LogP contribution in [-0.2, 0) is 16.1 Å². The topological polar surface area (TPSA) is 75.6 Å². The highest BCUT2D eigenvalue weighted by Gasteiger charge is 2.38. The molecule has 0 aliphatic heterocycles. The van der Waals surface area contributed by atoms with Crippen LogP contribution >= 0.6 is 0 Å². The Kier molecular flexibility index (Phi) is 4.83. The smallest absolute Gasteiger partial charge is 0.408 e. The Bertz CT molecular complexity index is 496. The summed E-state index contributed by atoms with van der Waals surface area (Å²) in [5, 5.41) is 11.6. The van der Waals surface area contributed by atoms with E-state index in [0.29, 0.717) is 6.42 Å². The number of nitrogens with one attached hydrogen (secondary N) is 1. The highest BCUT2D eigenvalue weighted by atomic mass is 16.5. The van der Waals surface area contributed by atoms with Crippen molar-refractivity contribution in [3.63, 3.8) is 0 Å². The van der Waals surface area contributed by atoms with E-state index in [1.54, 1.807) is 0 Å². The molecule has 21 heavy (non-hydrogen) atoms. The van der Waals surface area contributed by atoms with E-state index in [2.05, 4.69) is 12.2 Å². The van der Waals surface area contributed by atoms with Gasteiger partial charge in [-0.1, -0.05) is 37.3 Å².